The van der Waals surface area contributed by atoms with Crippen molar-refractivity contribution in [2.75, 3.05) is 11.9 Å². The molecule has 5 nitrogen and oxygen atoms in total. The van der Waals surface area contributed by atoms with Crippen LogP contribution in [0, 0.1) is 6.92 Å². The number of benzene rings is 1. The average molecular weight is 262 g/mol. The molecule has 0 atom stereocenters. The van der Waals surface area contributed by atoms with Gasteiger partial charge in [-0.25, -0.2) is 0 Å². The number of hydrogen-bond acceptors (Lipinski definition) is 5. The summed E-state index contributed by atoms with van der Waals surface area (Å²) in [6.07, 6.45) is 0.719. The van der Waals surface area contributed by atoms with Crippen molar-refractivity contribution in [1.82, 2.24) is 10.2 Å². The van der Waals surface area contributed by atoms with E-state index in [1.54, 1.807) is 0 Å². The molecule has 1 aromatic carbocycles. The van der Waals surface area contributed by atoms with Gasteiger partial charge in [-0.2, -0.15) is 0 Å². The lowest BCUT2D eigenvalue weighted by atomic mass is 10.1. The third-order valence-corrected chi connectivity index (χ3v) is 3.21. The van der Waals surface area contributed by atoms with Gasteiger partial charge in [0.25, 0.3) is 0 Å². The second kappa shape index (κ2) is 5.70. The quantitative estimate of drug-likeness (QED) is 0.871. The Hall–Kier alpha value is -1.79. The summed E-state index contributed by atoms with van der Waals surface area (Å²) in [7, 11) is 0. The van der Waals surface area contributed by atoms with Gasteiger partial charge in [-0.05, 0) is 12.5 Å². The molecule has 0 saturated carbocycles. The first kappa shape index (κ1) is 12.7. The van der Waals surface area contributed by atoms with Crippen LogP contribution in [0.4, 0.5) is 5.13 Å². The molecule has 0 bridgehead atoms. The van der Waals surface area contributed by atoms with Crippen molar-refractivity contribution >= 4 is 22.4 Å². The summed E-state index contributed by atoms with van der Waals surface area (Å²) < 4.78 is 0. The van der Waals surface area contributed by atoms with Gasteiger partial charge in [-0.3, -0.25) is 10.1 Å². The molecular formula is C12H14N4OS. The molecule has 0 saturated heterocycles. The number of carbonyl (C=O) groups is 1. The minimum Gasteiger partial charge on any atom is -0.322 e. The van der Waals surface area contributed by atoms with Crippen molar-refractivity contribution in [3.63, 3.8) is 0 Å². The first-order chi connectivity index (χ1) is 8.67. The zero-order valence-electron chi connectivity index (χ0n) is 10.0. The Morgan fingerprint density at radius 2 is 2.06 bits per heavy atom. The summed E-state index contributed by atoms with van der Waals surface area (Å²) in [6, 6.07) is 8.25. The highest BCUT2D eigenvalue weighted by Crippen LogP contribution is 2.18. The predicted octanol–water partition coefficient (Wildman–Crippen LogP) is 1.33. The molecule has 0 aliphatic rings. The molecule has 6 heteroatoms. The van der Waals surface area contributed by atoms with Crippen molar-refractivity contribution in [3.05, 3.63) is 40.4 Å². The number of nitrogens with two attached hydrogens (primary N) is 1. The molecule has 0 spiro atoms. The van der Waals surface area contributed by atoms with Crippen LogP contribution in [0.5, 0.6) is 0 Å². The van der Waals surface area contributed by atoms with Crippen LogP contribution < -0.4 is 11.1 Å². The van der Waals surface area contributed by atoms with Crippen LogP contribution in [0.25, 0.3) is 0 Å². The van der Waals surface area contributed by atoms with Crippen LogP contribution in [-0.2, 0) is 11.2 Å². The zero-order valence-corrected chi connectivity index (χ0v) is 10.8. The topological polar surface area (TPSA) is 80.9 Å². The number of carbonyl (C=O) groups excluding carboxylic acids is 1. The van der Waals surface area contributed by atoms with E-state index in [-0.39, 0.29) is 12.5 Å². The molecule has 1 aromatic heterocycles. The van der Waals surface area contributed by atoms with Gasteiger partial charge < -0.3 is 5.73 Å². The SMILES string of the molecule is Cc1ccc(Cc2nnc(NC(=O)CN)s2)cc1. The highest BCUT2D eigenvalue weighted by atomic mass is 32.1. The van der Waals surface area contributed by atoms with Crippen LogP contribution in [0.15, 0.2) is 24.3 Å². The van der Waals surface area contributed by atoms with Gasteiger partial charge in [-0.1, -0.05) is 41.2 Å². The van der Waals surface area contributed by atoms with E-state index >= 15 is 0 Å². The summed E-state index contributed by atoms with van der Waals surface area (Å²) in [4.78, 5) is 11.1. The maximum atomic E-state index is 11.1. The maximum absolute atomic E-state index is 11.1. The number of aromatic nitrogens is 2. The van der Waals surface area contributed by atoms with Crippen LogP contribution >= 0.6 is 11.3 Å². The molecule has 2 rings (SSSR count). The lowest BCUT2D eigenvalue weighted by molar-refractivity contribution is -0.114. The fourth-order valence-corrected chi connectivity index (χ4v) is 2.22. The summed E-state index contributed by atoms with van der Waals surface area (Å²) in [5.41, 5.74) is 7.61. The second-order valence-corrected chi connectivity index (χ2v) is 4.98. The van der Waals surface area contributed by atoms with Crippen LogP contribution in [-0.4, -0.2) is 22.6 Å². The Labute approximate surface area is 109 Å². The molecule has 94 valence electrons. The number of nitrogens with zero attached hydrogens (tertiary/aromatic N) is 2. The summed E-state index contributed by atoms with van der Waals surface area (Å²) in [6.45, 7) is 2.00. The lowest BCUT2D eigenvalue weighted by Crippen LogP contribution is -2.21. The highest BCUT2D eigenvalue weighted by molar-refractivity contribution is 7.15. The van der Waals surface area contributed by atoms with Gasteiger partial charge in [0.1, 0.15) is 5.01 Å². The van der Waals surface area contributed by atoms with Crippen molar-refractivity contribution in [3.8, 4) is 0 Å². The largest absolute Gasteiger partial charge is 0.322 e. The molecular weight excluding hydrogens is 248 g/mol. The zero-order chi connectivity index (χ0) is 13.0. The first-order valence-corrected chi connectivity index (χ1v) is 6.37. The highest BCUT2D eigenvalue weighted by Gasteiger charge is 2.07. The van der Waals surface area contributed by atoms with E-state index in [1.807, 2.05) is 0 Å². The fourth-order valence-electron chi connectivity index (χ4n) is 1.43. The Morgan fingerprint density at radius 3 is 2.72 bits per heavy atom. The molecule has 1 heterocycles. The van der Waals surface area contributed by atoms with Crippen molar-refractivity contribution in [2.24, 2.45) is 5.73 Å². The molecule has 0 radical (unpaired) electrons. The average Bonchev–Trinajstić information content (AvgIpc) is 2.79. The maximum Gasteiger partial charge on any atom is 0.239 e. The fraction of sp³-hybridized carbons (Fsp3) is 0.250. The number of nitrogens with one attached hydrogen (secondary N) is 1. The Morgan fingerprint density at radius 1 is 1.33 bits per heavy atom. The molecule has 0 aliphatic carbocycles. The van der Waals surface area contributed by atoms with Crippen molar-refractivity contribution in [2.45, 2.75) is 13.3 Å². The number of anilines is 1. The molecule has 0 fully saturated rings. The minimum atomic E-state index is -0.256. The third-order valence-electron chi connectivity index (χ3n) is 2.37. The van der Waals surface area contributed by atoms with E-state index in [2.05, 4.69) is 46.7 Å². The molecule has 0 aliphatic heterocycles. The minimum absolute atomic E-state index is 0.0487. The number of hydrogen-bond donors (Lipinski definition) is 2. The number of rotatable bonds is 4. The third kappa shape index (κ3) is 3.35. The molecule has 2 aromatic rings. The van der Waals surface area contributed by atoms with E-state index in [9.17, 15) is 4.79 Å². The van der Waals surface area contributed by atoms with Crippen LogP contribution in [0.1, 0.15) is 16.1 Å². The smallest absolute Gasteiger partial charge is 0.239 e. The van der Waals surface area contributed by atoms with E-state index < -0.39 is 0 Å². The molecule has 0 unspecified atom stereocenters. The second-order valence-electron chi connectivity index (χ2n) is 3.92. The van der Waals surface area contributed by atoms with Crippen LogP contribution in [0.3, 0.4) is 0 Å². The molecule has 1 amide bonds. The van der Waals surface area contributed by atoms with E-state index in [0.717, 1.165) is 11.4 Å². The van der Waals surface area contributed by atoms with E-state index in [0.29, 0.717) is 5.13 Å². The van der Waals surface area contributed by atoms with Gasteiger partial charge in [-0.15, -0.1) is 10.2 Å². The van der Waals surface area contributed by atoms with Gasteiger partial charge in [0, 0.05) is 6.42 Å². The van der Waals surface area contributed by atoms with Crippen molar-refractivity contribution in [1.29, 1.82) is 0 Å². The number of amides is 1. The summed E-state index contributed by atoms with van der Waals surface area (Å²) in [5, 5.41) is 11.9. The van der Waals surface area contributed by atoms with E-state index in [1.165, 1.54) is 22.5 Å². The van der Waals surface area contributed by atoms with Gasteiger partial charge in [0.15, 0.2) is 0 Å². The Bertz CT molecular complexity index is 535. The molecule has 3 N–H and O–H groups in total. The lowest BCUT2D eigenvalue weighted by Gasteiger charge is -1.98. The van der Waals surface area contributed by atoms with Gasteiger partial charge >= 0.3 is 0 Å². The Balaban J connectivity index is 2.02. The summed E-state index contributed by atoms with van der Waals surface area (Å²) >= 11 is 1.37. The first-order valence-electron chi connectivity index (χ1n) is 5.55. The number of aryl methyl sites for hydroxylation is 1. The van der Waals surface area contributed by atoms with Crippen molar-refractivity contribution < 1.29 is 4.79 Å². The van der Waals surface area contributed by atoms with Crippen LogP contribution in [0.2, 0.25) is 0 Å². The van der Waals surface area contributed by atoms with E-state index in [4.69, 9.17) is 5.73 Å². The Kier molecular flexibility index (Phi) is 4.01. The van der Waals surface area contributed by atoms with Gasteiger partial charge in [0.05, 0.1) is 6.54 Å². The normalized spacial score (nSPS) is 10.3. The molecule has 18 heavy (non-hydrogen) atoms. The standard InChI is InChI=1S/C12H14N4OS/c1-8-2-4-9(5-3-8)6-11-15-16-12(18-11)14-10(17)7-13/h2-5H,6-7,13H2,1H3,(H,14,16,17). The summed E-state index contributed by atoms with van der Waals surface area (Å²) in [5.74, 6) is -0.256. The monoisotopic (exact) mass is 262 g/mol. The van der Waals surface area contributed by atoms with Gasteiger partial charge in [0.2, 0.25) is 11.0 Å². The predicted molar refractivity (Wildman–Crippen MR) is 71.6 cm³/mol.